The van der Waals surface area contributed by atoms with Gasteiger partial charge in [-0.05, 0) is 56.1 Å². The van der Waals surface area contributed by atoms with Crippen LogP contribution in [-0.2, 0) is 30.4 Å². The first-order chi connectivity index (χ1) is 22.5. The van der Waals surface area contributed by atoms with Crippen LogP contribution in [0, 0.1) is 5.92 Å². The van der Waals surface area contributed by atoms with E-state index in [1.165, 1.54) is 12.0 Å². The van der Waals surface area contributed by atoms with Crippen LogP contribution in [0.2, 0.25) is 0 Å². The molecule has 0 radical (unpaired) electrons. The predicted octanol–water partition coefficient (Wildman–Crippen LogP) is 1.01. The van der Waals surface area contributed by atoms with Crippen LogP contribution in [0.25, 0.3) is 10.9 Å². The number of Topliss-reactive ketones (excluding diaryl/α,β-unsaturated/α-hetero) is 1. The normalized spacial score (nSPS) is 24.6. The summed E-state index contributed by atoms with van der Waals surface area (Å²) < 4.78 is 1.58. The Morgan fingerprint density at radius 3 is 2.40 bits per heavy atom. The van der Waals surface area contributed by atoms with Crippen LogP contribution in [0.1, 0.15) is 77.7 Å². The number of aliphatic hydroxyl groups excluding tert-OH is 2. The highest BCUT2D eigenvalue weighted by molar-refractivity contribution is 5.98. The minimum Gasteiger partial charge on any atom is -0.417 e. The lowest BCUT2D eigenvalue weighted by Crippen LogP contribution is -2.64. The van der Waals surface area contributed by atoms with Crippen molar-refractivity contribution in [3.05, 3.63) is 36.0 Å². The number of piperidine rings is 1. The number of amides is 4. The molecule has 4 rings (SSSR count). The number of aromatic nitrogens is 1. The summed E-state index contributed by atoms with van der Waals surface area (Å²) in [5, 5.41) is 29.9. The van der Waals surface area contributed by atoms with Gasteiger partial charge in [-0.15, -0.1) is 0 Å². The van der Waals surface area contributed by atoms with Gasteiger partial charge in [0.15, 0.2) is 5.78 Å². The van der Waals surface area contributed by atoms with Crippen molar-refractivity contribution in [3.63, 3.8) is 0 Å². The van der Waals surface area contributed by atoms with Gasteiger partial charge in [-0.25, -0.2) is 0 Å². The molecule has 2 saturated heterocycles. The van der Waals surface area contributed by atoms with Gasteiger partial charge in [0, 0.05) is 31.0 Å². The second kappa shape index (κ2) is 16.2. The summed E-state index contributed by atoms with van der Waals surface area (Å²) >= 11 is 0. The Kier molecular flexibility index (Phi) is 12.4. The van der Waals surface area contributed by atoms with E-state index >= 15 is 0 Å². The fourth-order valence-corrected chi connectivity index (χ4v) is 6.47. The Morgan fingerprint density at radius 1 is 1.00 bits per heavy atom. The van der Waals surface area contributed by atoms with E-state index < -0.39 is 59.9 Å². The third-order valence-electron chi connectivity index (χ3n) is 9.55. The molecule has 0 bridgehead atoms. The standard InChI is InChI=1S/C34H49N5O8/c1-5-20(3)29-34(46)38-17-10-9-15-26(38)33(45)35-23(13-11-16-28(41)30(42)27(40)6-2)31(43)36-24(32(44)37-29)18-21-19-39(47-4)25-14-8-7-12-22(21)25/h7-8,12,14,19-20,23-24,26,28-30,41-42H,5-6,9-11,13,15-18H2,1-4H3,(H,35,45)(H,36,43)(H,37,44)/t20?,23-,24-,26?,28?,29-,30?/m0/s1. The average Bonchev–Trinajstić information content (AvgIpc) is 3.44. The molecule has 13 heteroatoms. The van der Waals surface area contributed by atoms with E-state index in [0.717, 1.165) is 22.9 Å². The number of carbonyl (C=O) groups is 5. The molecule has 5 N–H and O–H groups in total. The number of carbonyl (C=O) groups excluding carboxylic acids is 5. The summed E-state index contributed by atoms with van der Waals surface area (Å²) in [6, 6.07) is 3.58. The summed E-state index contributed by atoms with van der Waals surface area (Å²) in [4.78, 5) is 74.7. The van der Waals surface area contributed by atoms with E-state index in [9.17, 15) is 34.2 Å². The van der Waals surface area contributed by atoms with Gasteiger partial charge in [-0.2, -0.15) is 4.73 Å². The molecule has 0 spiro atoms. The predicted molar refractivity (Wildman–Crippen MR) is 174 cm³/mol. The van der Waals surface area contributed by atoms with E-state index in [-0.39, 0.29) is 43.9 Å². The first-order valence-corrected chi connectivity index (χ1v) is 16.7. The fourth-order valence-electron chi connectivity index (χ4n) is 6.47. The third kappa shape index (κ3) is 8.31. The lowest BCUT2D eigenvalue weighted by atomic mass is 9.93. The SMILES string of the molecule is CCC(=O)C(O)C(O)CCC[C@@H]1NC(=O)C2CCCCN2C(=O)[C@H](C(C)CC)NC(=O)[C@H](Cc2cn(OC)c3ccccc23)NC1=O. The molecule has 13 nitrogen and oxygen atoms in total. The Hall–Kier alpha value is -3.97. The smallest absolute Gasteiger partial charge is 0.246 e. The number of nitrogens with one attached hydrogen (secondary N) is 3. The summed E-state index contributed by atoms with van der Waals surface area (Å²) in [7, 11) is 1.53. The van der Waals surface area contributed by atoms with Crippen molar-refractivity contribution in [1.29, 1.82) is 0 Å². The molecule has 258 valence electrons. The second-order valence-electron chi connectivity index (χ2n) is 12.7. The summed E-state index contributed by atoms with van der Waals surface area (Å²) in [6.45, 7) is 5.75. The second-order valence-corrected chi connectivity index (χ2v) is 12.7. The molecule has 2 aliphatic heterocycles. The molecule has 3 heterocycles. The highest BCUT2D eigenvalue weighted by Crippen LogP contribution is 2.24. The molecule has 1 aromatic heterocycles. The van der Waals surface area contributed by atoms with Crippen LogP contribution in [0.4, 0.5) is 0 Å². The van der Waals surface area contributed by atoms with E-state index in [2.05, 4.69) is 16.0 Å². The number of ketones is 1. The zero-order valence-corrected chi connectivity index (χ0v) is 27.7. The molecule has 1 aromatic carbocycles. The molecule has 2 aliphatic rings. The van der Waals surface area contributed by atoms with Gasteiger partial charge in [0.2, 0.25) is 23.6 Å². The summed E-state index contributed by atoms with van der Waals surface area (Å²) in [5.74, 6) is -2.64. The lowest BCUT2D eigenvalue weighted by molar-refractivity contribution is -0.147. The lowest BCUT2D eigenvalue weighted by Gasteiger charge is -2.39. The van der Waals surface area contributed by atoms with E-state index in [4.69, 9.17) is 4.84 Å². The van der Waals surface area contributed by atoms with Crippen molar-refractivity contribution in [2.75, 3.05) is 13.7 Å². The van der Waals surface area contributed by atoms with Gasteiger partial charge in [0.05, 0.1) is 11.6 Å². The Bertz CT molecular complexity index is 1440. The van der Waals surface area contributed by atoms with Crippen molar-refractivity contribution in [2.24, 2.45) is 5.92 Å². The highest BCUT2D eigenvalue weighted by Gasteiger charge is 2.41. The zero-order chi connectivity index (χ0) is 34.2. The number of rotatable bonds is 12. The molecule has 0 aliphatic carbocycles. The van der Waals surface area contributed by atoms with E-state index in [1.807, 2.05) is 38.1 Å². The number of aliphatic hydroxyl groups is 2. The summed E-state index contributed by atoms with van der Waals surface area (Å²) in [5.41, 5.74) is 1.51. The molecular weight excluding hydrogens is 606 g/mol. The van der Waals surface area contributed by atoms with Crippen molar-refractivity contribution in [2.45, 2.75) is 115 Å². The van der Waals surface area contributed by atoms with Crippen molar-refractivity contribution < 1.29 is 39.0 Å². The van der Waals surface area contributed by atoms with Gasteiger partial charge in [0.1, 0.15) is 37.4 Å². The van der Waals surface area contributed by atoms with E-state index in [0.29, 0.717) is 25.8 Å². The molecular formula is C34H49N5O8. The number of nitrogens with zero attached hydrogens (tertiary/aromatic N) is 2. The van der Waals surface area contributed by atoms with Gasteiger partial charge >= 0.3 is 0 Å². The van der Waals surface area contributed by atoms with Gasteiger partial charge in [0.25, 0.3) is 0 Å². The van der Waals surface area contributed by atoms with Crippen LogP contribution in [0.5, 0.6) is 0 Å². The minimum absolute atomic E-state index is 0.0115. The number of hydrogen-bond donors (Lipinski definition) is 5. The first-order valence-electron chi connectivity index (χ1n) is 16.7. The molecule has 2 aromatic rings. The molecule has 4 amide bonds. The number of fused-ring (bicyclic) bond motifs is 2. The van der Waals surface area contributed by atoms with Crippen molar-refractivity contribution >= 4 is 40.3 Å². The van der Waals surface area contributed by atoms with Gasteiger partial charge in [-0.3, -0.25) is 24.0 Å². The largest absolute Gasteiger partial charge is 0.417 e. The number of benzene rings is 1. The van der Waals surface area contributed by atoms with Crippen LogP contribution in [0.3, 0.4) is 0 Å². The number of hydrogen-bond acceptors (Lipinski definition) is 8. The molecule has 0 saturated carbocycles. The molecule has 4 unspecified atom stereocenters. The van der Waals surface area contributed by atoms with Crippen LogP contribution in [-0.4, -0.2) is 99.3 Å². The summed E-state index contributed by atoms with van der Waals surface area (Å²) in [6.07, 6.45) is 1.76. The number of para-hydroxylation sites is 1. The van der Waals surface area contributed by atoms with Gasteiger partial charge < -0.3 is 35.9 Å². The quantitative estimate of drug-likeness (QED) is 0.225. The topological polar surface area (TPSA) is 179 Å². The Labute approximate surface area is 275 Å². The zero-order valence-electron chi connectivity index (χ0n) is 27.7. The van der Waals surface area contributed by atoms with Crippen LogP contribution >= 0.6 is 0 Å². The van der Waals surface area contributed by atoms with Gasteiger partial charge in [-0.1, -0.05) is 45.4 Å². The first kappa shape index (κ1) is 35.9. The fraction of sp³-hybridized carbons (Fsp3) is 0.618. The van der Waals surface area contributed by atoms with Crippen molar-refractivity contribution in [3.8, 4) is 0 Å². The minimum atomic E-state index is -1.54. The molecule has 2 fully saturated rings. The molecule has 47 heavy (non-hydrogen) atoms. The maximum absolute atomic E-state index is 14.1. The third-order valence-corrected chi connectivity index (χ3v) is 9.55. The van der Waals surface area contributed by atoms with Crippen LogP contribution < -0.4 is 20.8 Å². The molecule has 7 atom stereocenters. The van der Waals surface area contributed by atoms with Crippen LogP contribution in [0.15, 0.2) is 30.5 Å². The Balaban J connectivity index is 1.68. The highest BCUT2D eigenvalue weighted by atomic mass is 16.6. The van der Waals surface area contributed by atoms with E-state index in [1.54, 1.807) is 17.9 Å². The van der Waals surface area contributed by atoms with Crippen molar-refractivity contribution in [1.82, 2.24) is 25.6 Å². The monoisotopic (exact) mass is 655 g/mol. The maximum atomic E-state index is 14.1. The Morgan fingerprint density at radius 2 is 1.70 bits per heavy atom. The maximum Gasteiger partial charge on any atom is 0.246 e. The average molecular weight is 656 g/mol.